The second-order valence-corrected chi connectivity index (χ2v) is 8.10. The second kappa shape index (κ2) is 8.79. The summed E-state index contributed by atoms with van der Waals surface area (Å²) in [4.78, 5) is 27.7. The number of nitrogens with one attached hydrogen (secondary N) is 2. The van der Waals surface area contributed by atoms with Crippen LogP contribution in [0.25, 0.3) is 22.6 Å². The largest absolute Gasteiger partial charge is 0.436 e. The average molecular weight is 461 g/mol. The van der Waals surface area contributed by atoms with E-state index in [1.54, 1.807) is 18.2 Å². The van der Waals surface area contributed by atoms with Crippen LogP contribution in [0, 0.1) is 30.9 Å². The molecule has 0 saturated heterocycles. The van der Waals surface area contributed by atoms with Crippen LogP contribution in [0.4, 0.5) is 11.4 Å². The van der Waals surface area contributed by atoms with Gasteiger partial charge in [-0.25, -0.2) is 4.98 Å². The lowest BCUT2D eigenvalue weighted by atomic mass is 10.1. The highest BCUT2D eigenvalue weighted by Gasteiger charge is 2.19. The number of hydrogen-bond donors (Lipinski definition) is 2. The Morgan fingerprint density at radius 3 is 2.48 bits per heavy atom. The molecule has 0 unspecified atom stereocenters. The van der Waals surface area contributed by atoms with E-state index in [0.29, 0.717) is 22.7 Å². The number of aromatic nitrogens is 1. The highest BCUT2D eigenvalue weighted by molar-refractivity contribution is 7.80. The Morgan fingerprint density at radius 1 is 1.06 bits per heavy atom. The first-order valence-corrected chi connectivity index (χ1v) is 10.5. The molecule has 166 valence electrons. The Balaban J connectivity index is 1.51. The third-order valence-electron chi connectivity index (χ3n) is 5.09. The molecule has 9 heteroatoms. The van der Waals surface area contributed by atoms with E-state index in [4.69, 9.17) is 16.6 Å². The molecular formula is C24H20N4O4S. The second-order valence-electron chi connectivity index (χ2n) is 7.69. The fraction of sp³-hybridized carbons (Fsp3) is 0.125. The van der Waals surface area contributed by atoms with E-state index < -0.39 is 10.8 Å². The number of oxazole rings is 1. The molecule has 3 aromatic carbocycles. The molecule has 0 aliphatic carbocycles. The maximum atomic E-state index is 12.6. The smallest absolute Gasteiger partial charge is 0.273 e. The van der Waals surface area contributed by atoms with Crippen LogP contribution in [-0.4, -0.2) is 20.9 Å². The Morgan fingerprint density at radius 2 is 1.79 bits per heavy atom. The minimum Gasteiger partial charge on any atom is -0.436 e. The standard InChI is InChI=1S/C24H20N4O4S/c1-13-9-14(2)11-16(10-13)23-26-19-12-17(7-8-21(19)32-23)25-24(33)27-22(29)18-5-4-6-20(15(18)3)28(30)31/h4-12H,1-3H3,(H2,25,27,29,33). The van der Waals surface area contributed by atoms with Crippen molar-refractivity contribution < 1.29 is 14.1 Å². The number of aryl methyl sites for hydroxylation is 2. The first-order valence-electron chi connectivity index (χ1n) is 10.1. The van der Waals surface area contributed by atoms with Gasteiger partial charge in [0.25, 0.3) is 11.6 Å². The minimum absolute atomic E-state index is 0.0586. The molecule has 1 aromatic heterocycles. The molecule has 1 amide bonds. The number of nitro benzene ring substituents is 1. The van der Waals surface area contributed by atoms with Crippen molar-refractivity contribution in [2.75, 3.05) is 5.32 Å². The number of thiocarbonyl (C=S) groups is 1. The SMILES string of the molecule is Cc1cc(C)cc(-c2nc3cc(NC(=S)NC(=O)c4cccc([N+](=O)[O-])c4C)ccc3o2)c1. The van der Waals surface area contributed by atoms with Crippen LogP contribution in [0.3, 0.4) is 0 Å². The number of carbonyl (C=O) groups is 1. The van der Waals surface area contributed by atoms with Gasteiger partial charge in [-0.2, -0.15) is 0 Å². The topological polar surface area (TPSA) is 110 Å². The van der Waals surface area contributed by atoms with Gasteiger partial charge in [0.15, 0.2) is 10.7 Å². The zero-order valence-corrected chi connectivity index (χ0v) is 18.9. The Kier molecular flexibility index (Phi) is 5.89. The van der Waals surface area contributed by atoms with E-state index in [1.165, 1.54) is 25.1 Å². The van der Waals surface area contributed by atoms with Crippen molar-refractivity contribution in [3.05, 3.63) is 87.0 Å². The highest BCUT2D eigenvalue weighted by Crippen LogP contribution is 2.27. The van der Waals surface area contributed by atoms with Gasteiger partial charge in [-0.15, -0.1) is 0 Å². The van der Waals surface area contributed by atoms with Gasteiger partial charge in [-0.1, -0.05) is 23.3 Å². The van der Waals surface area contributed by atoms with Crippen LogP contribution < -0.4 is 10.6 Å². The summed E-state index contributed by atoms with van der Waals surface area (Å²) in [5.74, 6) is -0.0145. The molecule has 0 aliphatic rings. The van der Waals surface area contributed by atoms with E-state index in [0.717, 1.165) is 16.7 Å². The minimum atomic E-state index is -0.534. The molecule has 2 N–H and O–H groups in total. The molecule has 1 heterocycles. The summed E-state index contributed by atoms with van der Waals surface area (Å²) in [5, 5.41) is 16.7. The molecule has 0 radical (unpaired) electrons. The predicted octanol–water partition coefficient (Wildman–Crippen LogP) is 5.46. The summed E-state index contributed by atoms with van der Waals surface area (Å²) in [5.41, 5.74) is 5.33. The monoisotopic (exact) mass is 460 g/mol. The molecule has 8 nitrogen and oxygen atoms in total. The van der Waals surface area contributed by atoms with Crippen LogP contribution in [0.5, 0.6) is 0 Å². The van der Waals surface area contributed by atoms with Crippen molar-refractivity contribution in [2.24, 2.45) is 0 Å². The number of hydrogen-bond acceptors (Lipinski definition) is 6. The molecule has 4 rings (SSSR count). The number of nitro groups is 1. The average Bonchev–Trinajstić information content (AvgIpc) is 3.16. The lowest BCUT2D eigenvalue weighted by Gasteiger charge is -2.11. The summed E-state index contributed by atoms with van der Waals surface area (Å²) in [6.07, 6.45) is 0. The van der Waals surface area contributed by atoms with Crippen molar-refractivity contribution in [3.8, 4) is 11.5 Å². The number of fused-ring (bicyclic) bond motifs is 1. The van der Waals surface area contributed by atoms with Crippen LogP contribution in [-0.2, 0) is 0 Å². The van der Waals surface area contributed by atoms with Gasteiger partial charge in [0.05, 0.1) is 4.92 Å². The molecule has 0 saturated carbocycles. The van der Waals surface area contributed by atoms with Gasteiger partial charge < -0.3 is 9.73 Å². The zero-order valence-electron chi connectivity index (χ0n) is 18.1. The maximum absolute atomic E-state index is 12.6. The van der Waals surface area contributed by atoms with E-state index in [2.05, 4.69) is 21.7 Å². The summed E-state index contributed by atoms with van der Waals surface area (Å²) in [6.45, 7) is 5.56. The molecule has 0 aliphatic heterocycles. The number of amides is 1. The first-order chi connectivity index (χ1) is 15.7. The van der Waals surface area contributed by atoms with Crippen molar-refractivity contribution in [3.63, 3.8) is 0 Å². The number of nitrogens with zero attached hydrogens (tertiary/aromatic N) is 2. The number of carbonyl (C=O) groups excluding carboxylic acids is 1. The summed E-state index contributed by atoms with van der Waals surface area (Å²) >= 11 is 5.25. The van der Waals surface area contributed by atoms with Crippen LogP contribution in [0.15, 0.2) is 59.0 Å². The Bertz CT molecular complexity index is 1410. The summed E-state index contributed by atoms with van der Waals surface area (Å²) < 4.78 is 5.89. The number of benzene rings is 3. The van der Waals surface area contributed by atoms with E-state index in [1.807, 2.05) is 26.0 Å². The van der Waals surface area contributed by atoms with Gasteiger partial charge in [-0.05, 0) is 69.4 Å². The van der Waals surface area contributed by atoms with Gasteiger partial charge in [0, 0.05) is 28.4 Å². The van der Waals surface area contributed by atoms with Crippen molar-refractivity contribution in [1.29, 1.82) is 0 Å². The number of anilines is 1. The first kappa shape index (κ1) is 22.1. The van der Waals surface area contributed by atoms with Crippen molar-refractivity contribution in [1.82, 2.24) is 10.3 Å². The third-order valence-corrected chi connectivity index (χ3v) is 5.29. The van der Waals surface area contributed by atoms with Gasteiger partial charge in [0.1, 0.15) is 5.52 Å². The van der Waals surface area contributed by atoms with E-state index >= 15 is 0 Å². The van der Waals surface area contributed by atoms with Crippen LogP contribution >= 0.6 is 12.2 Å². The fourth-order valence-electron chi connectivity index (χ4n) is 3.63. The summed E-state index contributed by atoms with van der Waals surface area (Å²) in [6, 6.07) is 15.7. The highest BCUT2D eigenvalue weighted by atomic mass is 32.1. The lowest BCUT2D eigenvalue weighted by Crippen LogP contribution is -2.34. The van der Waals surface area contributed by atoms with Gasteiger partial charge in [-0.3, -0.25) is 20.2 Å². The number of rotatable bonds is 4. The van der Waals surface area contributed by atoms with Gasteiger partial charge in [0.2, 0.25) is 5.89 Å². The Labute approximate surface area is 194 Å². The molecule has 33 heavy (non-hydrogen) atoms. The zero-order chi connectivity index (χ0) is 23.7. The van der Waals surface area contributed by atoms with Gasteiger partial charge >= 0.3 is 0 Å². The quantitative estimate of drug-likeness (QED) is 0.236. The maximum Gasteiger partial charge on any atom is 0.273 e. The molecule has 0 spiro atoms. The molecule has 0 bridgehead atoms. The third kappa shape index (κ3) is 4.73. The van der Waals surface area contributed by atoms with E-state index in [-0.39, 0.29) is 21.9 Å². The fourth-order valence-corrected chi connectivity index (χ4v) is 3.84. The molecule has 0 atom stereocenters. The normalized spacial score (nSPS) is 10.8. The van der Waals surface area contributed by atoms with Crippen molar-refractivity contribution >= 4 is 45.7 Å². The lowest BCUT2D eigenvalue weighted by molar-refractivity contribution is -0.385. The molecule has 4 aromatic rings. The van der Waals surface area contributed by atoms with Crippen molar-refractivity contribution in [2.45, 2.75) is 20.8 Å². The van der Waals surface area contributed by atoms with Crippen LogP contribution in [0.1, 0.15) is 27.0 Å². The predicted molar refractivity (Wildman–Crippen MR) is 130 cm³/mol. The Hall–Kier alpha value is -4.11. The summed E-state index contributed by atoms with van der Waals surface area (Å²) in [7, 11) is 0. The molecule has 0 fully saturated rings. The van der Waals surface area contributed by atoms with Crippen LogP contribution in [0.2, 0.25) is 0 Å². The van der Waals surface area contributed by atoms with E-state index in [9.17, 15) is 14.9 Å². The molecular weight excluding hydrogens is 440 g/mol.